The predicted octanol–water partition coefficient (Wildman–Crippen LogP) is 14.4. The van der Waals surface area contributed by atoms with Crippen molar-refractivity contribution in [1.82, 2.24) is 0 Å². The third-order valence-electron chi connectivity index (χ3n) is 8.94. The van der Waals surface area contributed by atoms with Crippen molar-refractivity contribution in [1.29, 1.82) is 0 Å². The first-order chi connectivity index (χ1) is 18.2. The van der Waals surface area contributed by atoms with Crippen LogP contribution >= 0.6 is 0 Å². The Labute approximate surface area is 242 Å². The molecule has 1 radical (unpaired) electrons. The van der Waals surface area contributed by atoms with Crippen molar-refractivity contribution in [2.75, 3.05) is 0 Å². The van der Waals surface area contributed by atoms with Gasteiger partial charge in [0.2, 0.25) is 0 Å². The molecule has 0 aliphatic rings. The molecule has 0 bridgehead atoms. The van der Waals surface area contributed by atoms with E-state index >= 15 is 0 Å². The van der Waals surface area contributed by atoms with Gasteiger partial charge in [-0.3, -0.25) is 0 Å². The molecule has 0 aromatic rings. The van der Waals surface area contributed by atoms with Crippen LogP contribution in [-0.4, -0.2) is 18.8 Å². The fourth-order valence-corrected chi connectivity index (χ4v) is 20.3. The third kappa shape index (κ3) is 26.8. The van der Waals surface area contributed by atoms with Gasteiger partial charge in [0.05, 0.1) is 0 Å². The standard InChI is InChI=1S/4C9H19.Sb/c4*1-3-5-7-9-8-6-4-2;/h4*1,3-9H2,2H3;. The van der Waals surface area contributed by atoms with E-state index in [-0.39, 0.29) is 0 Å². The predicted molar refractivity (Wildman–Crippen MR) is 177 cm³/mol. The Bertz CT molecular complexity index is 326. The molecule has 0 aromatic carbocycles. The Hall–Kier alpha value is 0.818. The van der Waals surface area contributed by atoms with E-state index in [1.54, 1.807) is 68.8 Å². The summed E-state index contributed by atoms with van der Waals surface area (Å²) in [4.78, 5) is 0. The summed E-state index contributed by atoms with van der Waals surface area (Å²) in [6, 6.07) is 0. The number of hydrogen-bond acceptors (Lipinski definition) is 0. The summed E-state index contributed by atoms with van der Waals surface area (Å²) in [5, 5.41) is 0. The molecule has 0 spiro atoms. The van der Waals surface area contributed by atoms with Crippen LogP contribution in [0.3, 0.4) is 0 Å². The average Bonchev–Trinajstić information content (AvgIpc) is 2.91. The average molecular weight is 631 g/mol. The number of unbranched alkanes of at least 4 members (excludes halogenated alkanes) is 24. The molecule has 0 N–H and O–H groups in total. The normalized spacial score (nSPS) is 12.0. The molecule has 0 heterocycles. The van der Waals surface area contributed by atoms with Crippen LogP contribution in [0.4, 0.5) is 0 Å². The molecular formula is C36H76Sb. The number of hydrogen-bond donors (Lipinski definition) is 0. The Balaban J connectivity index is 4.78. The molecule has 225 valence electrons. The van der Waals surface area contributed by atoms with Crippen molar-refractivity contribution in [3.63, 3.8) is 0 Å². The minimum atomic E-state index is -1.88. The van der Waals surface area contributed by atoms with Gasteiger partial charge in [0.1, 0.15) is 0 Å². The summed E-state index contributed by atoms with van der Waals surface area (Å²) < 4.78 is 6.98. The van der Waals surface area contributed by atoms with E-state index in [1.807, 2.05) is 0 Å². The Morgan fingerprint density at radius 3 is 0.568 bits per heavy atom. The van der Waals surface area contributed by atoms with Gasteiger partial charge in [0, 0.05) is 0 Å². The summed E-state index contributed by atoms with van der Waals surface area (Å²) in [5.74, 6) is 0. The maximum absolute atomic E-state index is 2.35. The molecule has 0 amide bonds. The van der Waals surface area contributed by atoms with E-state index in [9.17, 15) is 0 Å². The Morgan fingerprint density at radius 2 is 0.378 bits per heavy atom. The third-order valence-corrected chi connectivity index (χ3v) is 23.4. The zero-order valence-electron chi connectivity index (χ0n) is 27.1. The van der Waals surface area contributed by atoms with Crippen molar-refractivity contribution in [3.8, 4) is 0 Å². The Morgan fingerprint density at radius 1 is 0.216 bits per heavy atom. The van der Waals surface area contributed by atoms with Crippen LogP contribution in [0.1, 0.15) is 207 Å². The van der Waals surface area contributed by atoms with Gasteiger partial charge in [0.25, 0.3) is 0 Å². The summed E-state index contributed by atoms with van der Waals surface area (Å²) in [5.41, 5.74) is 0. The summed E-state index contributed by atoms with van der Waals surface area (Å²) in [6.07, 6.45) is 42.0. The van der Waals surface area contributed by atoms with Gasteiger partial charge in [-0.05, 0) is 0 Å². The van der Waals surface area contributed by atoms with Gasteiger partial charge in [0.15, 0.2) is 0 Å². The van der Waals surface area contributed by atoms with Gasteiger partial charge in [-0.25, -0.2) is 0 Å². The van der Waals surface area contributed by atoms with E-state index in [4.69, 9.17) is 0 Å². The molecule has 0 atom stereocenters. The van der Waals surface area contributed by atoms with E-state index in [0.29, 0.717) is 0 Å². The van der Waals surface area contributed by atoms with Crippen LogP contribution in [0.25, 0.3) is 0 Å². The van der Waals surface area contributed by atoms with E-state index in [2.05, 4.69) is 27.7 Å². The second kappa shape index (κ2) is 31.3. The van der Waals surface area contributed by atoms with Gasteiger partial charge in [-0.2, -0.15) is 0 Å². The molecule has 1 heteroatoms. The first kappa shape index (κ1) is 37.8. The molecule has 0 rings (SSSR count). The van der Waals surface area contributed by atoms with E-state index < -0.39 is 18.8 Å². The molecule has 0 aromatic heterocycles. The van der Waals surface area contributed by atoms with E-state index in [0.717, 1.165) is 0 Å². The van der Waals surface area contributed by atoms with Gasteiger partial charge in [-0.15, -0.1) is 0 Å². The Kier molecular flexibility index (Phi) is 32.0. The van der Waals surface area contributed by atoms with E-state index in [1.165, 1.54) is 128 Å². The molecule has 0 saturated carbocycles. The second-order valence-electron chi connectivity index (χ2n) is 12.7. The van der Waals surface area contributed by atoms with Crippen molar-refractivity contribution in [2.24, 2.45) is 0 Å². The molecule has 37 heavy (non-hydrogen) atoms. The molecule has 0 unspecified atom stereocenters. The van der Waals surface area contributed by atoms with Crippen molar-refractivity contribution in [2.45, 2.75) is 225 Å². The van der Waals surface area contributed by atoms with Crippen LogP contribution in [-0.2, 0) is 0 Å². The molecule has 0 aliphatic heterocycles. The second-order valence-corrected chi connectivity index (χ2v) is 25.5. The van der Waals surface area contributed by atoms with Crippen molar-refractivity contribution >= 4 is 18.8 Å². The van der Waals surface area contributed by atoms with Crippen LogP contribution in [0, 0.1) is 0 Å². The van der Waals surface area contributed by atoms with Gasteiger partial charge < -0.3 is 0 Å². The van der Waals surface area contributed by atoms with Crippen molar-refractivity contribution in [3.05, 3.63) is 0 Å². The van der Waals surface area contributed by atoms with Gasteiger partial charge >= 0.3 is 244 Å². The maximum atomic E-state index is 2.35. The fourth-order valence-electron chi connectivity index (χ4n) is 6.29. The van der Waals surface area contributed by atoms with Gasteiger partial charge in [-0.1, -0.05) is 0 Å². The van der Waals surface area contributed by atoms with Crippen molar-refractivity contribution < 1.29 is 0 Å². The molecule has 0 nitrogen and oxygen atoms in total. The van der Waals surface area contributed by atoms with Crippen LogP contribution in [0.2, 0.25) is 17.5 Å². The summed E-state index contributed by atoms with van der Waals surface area (Å²) in [7, 11) is 0. The zero-order valence-corrected chi connectivity index (χ0v) is 29.6. The summed E-state index contributed by atoms with van der Waals surface area (Å²) >= 11 is -1.88. The summed E-state index contributed by atoms with van der Waals surface area (Å²) in [6.45, 7) is 9.39. The quantitative estimate of drug-likeness (QED) is 0.0512. The fraction of sp³-hybridized carbons (Fsp3) is 1.00. The van der Waals surface area contributed by atoms with Crippen LogP contribution < -0.4 is 0 Å². The molecule has 0 fully saturated rings. The zero-order chi connectivity index (χ0) is 27.1. The molecular weight excluding hydrogens is 554 g/mol. The topological polar surface area (TPSA) is 0 Å². The van der Waals surface area contributed by atoms with Crippen LogP contribution in [0.5, 0.6) is 0 Å². The SMILES string of the molecule is CCCCCCCC[CH2][Sb]([CH2]CCCCCCCC)([CH2]CCCCCCCC)[CH2]CCCCCCCC. The molecule has 0 aliphatic carbocycles. The first-order valence-electron chi connectivity index (χ1n) is 18.1. The minimum absolute atomic E-state index is 1.38. The van der Waals surface area contributed by atoms with Crippen LogP contribution in [0.15, 0.2) is 0 Å². The monoisotopic (exact) mass is 629 g/mol. The molecule has 0 saturated heterocycles. The number of rotatable bonds is 32. The first-order valence-corrected chi connectivity index (χ1v) is 25.3.